The first-order valence-corrected chi connectivity index (χ1v) is 7.76. The summed E-state index contributed by atoms with van der Waals surface area (Å²) < 4.78 is 52.3. The Kier molecular flexibility index (Phi) is 5.07. The van der Waals surface area contributed by atoms with E-state index in [-0.39, 0.29) is 10.9 Å². The van der Waals surface area contributed by atoms with E-state index in [1.807, 2.05) is 18.7 Å². The molecule has 1 aromatic carbocycles. The molecule has 0 radical (unpaired) electrons. The van der Waals surface area contributed by atoms with Gasteiger partial charge in [-0.3, -0.25) is 4.90 Å². The second-order valence-electron chi connectivity index (χ2n) is 6.27. The van der Waals surface area contributed by atoms with Crippen molar-refractivity contribution in [2.24, 2.45) is 5.92 Å². The van der Waals surface area contributed by atoms with Gasteiger partial charge < -0.3 is 0 Å². The Morgan fingerprint density at radius 2 is 1.82 bits per heavy atom. The van der Waals surface area contributed by atoms with E-state index in [0.717, 1.165) is 12.1 Å². The molecule has 0 aromatic heterocycles. The molecule has 0 bridgehead atoms. The van der Waals surface area contributed by atoms with Crippen LogP contribution in [0.4, 0.5) is 17.6 Å². The van der Waals surface area contributed by atoms with Crippen molar-refractivity contribution in [2.45, 2.75) is 45.1 Å². The van der Waals surface area contributed by atoms with E-state index in [1.165, 1.54) is 6.07 Å². The standard InChI is InChI=1S/C16H20ClF4N/c1-11(2)15(18)5-7-22(8-6-15)10-12-3-4-13(9-14(12)17)16(19,20)21/h3-4,9,11H,5-8,10H2,1-2H3. The minimum absolute atomic E-state index is 0.0238. The fourth-order valence-corrected chi connectivity index (χ4v) is 2.99. The third-order valence-electron chi connectivity index (χ3n) is 4.50. The van der Waals surface area contributed by atoms with E-state index >= 15 is 0 Å². The maximum Gasteiger partial charge on any atom is 0.416 e. The first-order valence-electron chi connectivity index (χ1n) is 7.39. The van der Waals surface area contributed by atoms with Crippen LogP contribution in [0, 0.1) is 5.92 Å². The normalized spacial score (nSPS) is 19.6. The van der Waals surface area contributed by atoms with Gasteiger partial charge in [-0.25, -0.2) is 4.39 Å². The van der Waals surface area contributed by atoms with E-state index in [2.05, 4.69) is 0 Å². The second-order valence-corrected chi connectivity index (χ2v) is 6.68. The smallest absolute Gasteiger partial charge is 0.299 e. The van der Waals surface area contributed by atoms with Gasteiger partial charge in [-0.15, -0.1) is 0 Å². The topological polar surface area (TPSA) is 3.24 Å². The molecule has 0 unspecified atom stereocenters. The molecule has 1 aromatic rings. The summed E-state index contributed by atoms with van der Waals surface area (Å²) in [4.78, 5) is 2.04. The minimum atomic E-state index is -4.39. The SMILES string of the molecule is CC(C)C1(F)CCN(Cc2ccc(C(F)(F)F)cc2Cl)CC1. The maximum absolute atomic E-state index is 14.5. The van der Waals surface area contributed by atoms with Crippen LogP contribution in [-0.4, -0.2) is 23.7 Å². The van der Waals surface area contributed by atoms with Crippen molar-refractivity contribution in [1.29, 1.82) is 0 Å². The number of alkyl halides is 4. The Hall–Kier alpha value is -0.810. The average Bonchev–Trinajstić information content (AvgIpc) is 2.42. The second kappa shape index (κ2) is 6.36. The largest absolute Gasteiger partial charge is 0.416 e. The maximum atomic E-state index is 14.5. The van der Waals surface area contributed by atoms with Crippen LogP contribution in [-0.2, 0) is 12.7 Å². The van der Waals surface area contributed by atoms with Crippen molar-refractivity contribution in [3.05, 3.63) is 34.3 Å². The number of halogens is 5. The molecule has 1 aliphatic rings. The molecule has 1 fully saturated rings. The third-order valence-corrected chi connectivity index (χ3v) is 4.85. The number of likely N-dealkylation sites (tertiary alicyclic amines) is 1. The molecule has 22 heavy (non-hydrogen) atoms. The van der Waals surface area contributed by atoms with E-state index in [0.29, 0.717) is 38.0 Å². The van der Waals surface area contributed by atoms with Gasteiger partial charge in [0.1, 0.15) is 5.67 Å². The summed E-state index contributed by atoms with van der Waals surface area (Å²) in [6.07, 6.45) is -3.50. The molecule has 0 atom stereocenters. The molecule has 0 N–H and O–H groups in total. The van der Waals surface area contributed by atoms with Crippen molar-refractivity contribution in [3.8, 4) is 0 Å². The fraction of sp³-hybridized carbons (Fsp3) is 0.625. The number of nitrogens with zero attached hydrogens (tertiary/aromatic N) is 1. The summed E-state index contributed by atoms with van der Waals surface area (Å²) in [5.74, 6) is -0.0238. The summed E-state index contributed by atoms with van der Waals surface area (Å²) in [5.41, 5.74) is -1.24. The van der Waals surface area contributed by atoms with Gasteiger partial charge in [-0.05, 0) is 36.5 Å². The van der Waals surface area contributed by atoms with Gasteiger partial charge in [0.25, 0.3) is 0 Å². The molecular weight excluding hydrogens is 318 g/mol. The Balaban J connectivity index is 2.01. The highest BCUT2D eigenvalue weighted by Gasteiger charge is 2.37. The van der Waals surface area contributed by atoms with E-state index in [4.69, 9.17) is 11.6 Å². The molecule has 2 rings (SSSR count). The Bertz CT molecular complexity index is 519. The predicted molar refractivity (Wildman–Crippen MR) is 79.6 cm³/mol. The van der Waals surface area contributed by atoms with Crippen LogP contribution in [0.5, 0.6) is 0 Å². The summed E-state index contributed by atoms with van der Waals surface area (Å²) in [6.45, 7) is 5.38. The van der Waals surface area contributed by atoms with Gasteiger partial charge in [-0.1, -0.05) is 31.5 Å². The highest BCUT2D eigenvalue weighted by atomic mass is 35.5. The average molecular weight is 338 g/mol. The highest BCUT2D eigenvalue weighted by molar-refractivity contribution is 6.31. The Labute approximate surface area is 133 Å². The van der Waals surface area contributed by atoms with Crippen LogP contribution in [0.2, 0.25) is 5.02 Å². The molecule has 1 nitrogen and oxygen atoms in total. The lowest BCUT2D eigenvalue weighted by Crippen LogP contribution is -2.44. The molecule has 1 aliphatic heterocycles. The number of rotatable bonds is 3. The summed E-state index contributed by atoms with van der Waals surface area (Å²) in [7, 11) is 0. The molecule has 1 heterocycles. The van der Waals surface area contributed by atoms with Crippen molar-refractivity contribution in [3.63, 3.8) is 0 Å². The van der Waals surface area contributed by atoms with Gasteiger partial charge in [0.2, 0.25) is 0 Å². The monoisotopic (exact) mass is 337 g/mol. The first-order chi connectivity index (χ1) is 10.1. The van der Waals surface area contributed by atoms with Crippen molar-refractivity contribution >= 4 is 11.6 Å². The van der Waals surface area contributed by atoms with Gasteiger partial charge in [0.05, 0.1) is 5.56 Å². The molecule has 6 heteroatoms. The molecule has 0 spiro atoms. The van der Waals surface area contributed by atoms with Gasteiger partial charge >= 0.3 is 6.18 Å². The molecule has 124 valence electrons. The fourth-order valence-electron chi connectivity index (χ4n) is 2.75. The van der Waals surface area contributed by atoms with Crippen molar-refractivity contribution in [2.75, 3.05) is 13.1 Å². The molecule has 0 saturated carbocycles. The van der Waals surface area contributed by atoms with Crippen molar-refractivity contribution < 1.29 is 17.6 Å². The van der Waals surface area contributed by atoms with Crippen LogP contribution in [0.25, 0.3) is 0 Å². The predicted octanol–water partition coefficient (Wildman–Crippen LogP) is 5.32. The zero-order valence-corrected chi connectivity index (χ0v) is 13.4. The highest BCUT2D eigenvalue weighted by Crippen LogP contribution is 2.35. The Morgan fingerprint density at radius 3 is 2.27 bits per heavy atom. The summed E-state index contributed by atoms with van der Waals surface area (Å²) >= 11 is 5.96. The first kappa shape index (κ1) is 17.5. The lowest BCUT2D eigenvalue weighted by molar-refractivity contribution is -0.137. The number of hydrogen-bond donors (Lipinski definition) is 0. The van der Waals surface area contributed by atoms with Gasteiger partial charge in [-0.2, -0.15) is 13.2 Å². The molecular formula is C16H20ClF4N. The zero-order valence-electron chi connectivity index (χ0n) is 12.7. The number of piperidine rings is 1. The van der Waals surface area contributed by atoms with E-state index in [9.17, 15) is 17.6 Å². The number of benzene rings is 1. The van der Waals surface area contributed by atoms with Crippen LogP contribution >= 0.6 is 11.6 Å². The molecule has 0 aliphatic carbocycles. The zero-order chi connectivity index (χ0) is 16.5. The summed E-state index contributed by atoms with van der Waals surface area (Å²) in [5, 5.41) is 0.107. The lowest BCUT2D eigenvalue weighted by atomic mass is 9.83. The number of hydrogen-bond acceptors (Lipinski definition) is 1. The van der Waals surface area contributed by atoms with E-state index in [1.54, 1.807) is 0 Å². The quantitative estimate of drug-likeness (QED) is 0.675. The van der Waals surface area contributed by atoms with E-state index < -0.39 is 17.4 Å². The van der Waals surface area contributed by atoms with Gasteiger partial charge in [0, 0.05) is 24.7 Å². The van der Waals surface area contributed by atoms with Crippen LogP contribution in [0.1, 0.15) is 37.8 Å². The van der Waals surface area contributed by atoms with Crippen LogP contribution in [0.15, 0.2) is 18.2 Å². The lowest BCUT2D eigenvalue weighted by Gasteiger charge is -2.39. The Morgan fingerprint density at radius 1 is 1.23 bits per heavy atom. The van der Waals surface area contributed by atoms with Gasteiger partial charge in [0.15, 0.2) is 0 Å². The third kappa shape index (κ3) is 3.93. The molecule has 1 saturated heterocycles. The molecule has 0 amide bonds. The van der Waals surface area contributed by atoms with Crippen LogP contribution < -0.4 is 0 Å². The van der Waals surface area contributed by atoms with Crippen LogP contribution in [0.3, 0.4) is 0 Å². The summed E-state index contributed by atoms with van der Waals surface area (Å²) in [6, 6.07) is 3.40. The minimum Gasteiger partial charge on any atom is -0.299 e. The van der Waals surface area contributed by atoms with Crippen molar-refractivity contribution in [1.82, 2.24) is 4.90 Å².